The highest BCUT2D eigenvalue weighted by Gasteiger charge is 2.28. The lowest BCUT2D eigenvalue weighted by molar-refractivity contribution is 0.628. The summed E-state index contributed by atoms with van der Waals surface area (Å²) in [7, 11) is 1.85. The largest absolute Gasteiger partial charge is 0.320 e. The zero-order valence-corrected chi connectivity index (χ0v) is 18.8. The van der Waals surface area contributed by atoms with Crippen molar-refractivity contribution in [1.82, 2.24) is 9.97 Å². The molecule has 1 fully saturated rings. The lowest BCUT2D eigenvalue weighted by Crippen LogP contribution is -2.11. The predicted molar refractivity (Wildman–Crippen MR) is 122 cm³/mol. The number of fused-ring (bicyclic) bond motifs is 1. The summed E-state index contributed by atoms with van der Waals surface area (Å²) in [4.78, 5) is 11.5. The molecule has 0 atom stereocenters. The Labute approximate surface area is 189 Å². The highest BCUT2D eigenvalue weighted by Crippen LogP contribution is 2.44. The molecule has 1 saturated carbocycles. The molecule has 154 valence electrons. The van der Waals surface area contributed by atoms with Crippen LogP contribution in [0.25, 0.3) is 22.2 Å². The van der Waals surface area contributed by atoms with Crippen LogP contribution in [0.3, 0.4) is 0 Å². The van der Waals surface area contributed by atoms with Crippen molar-refractivity contribution in [1.29, 1.82) is 5.26 Å². The van der Waals surface area contributed by atoms with Gasteiger partial charge in [-0.15, -0.1) is 0 Å². The quantitative estimate of drug-likeness (QED) is 0.307. The molecule has 0 bridgehead atoms. The van der Waals surface area contributed by atoms with Crippen molar-refractivity contribution in [2.45, 2.75) is 18.8 Å². The van der Waals surface area contributed by atoms with E-state index in [0.717, 1.165) is 24.2 Å². The van der Waals surface area contributed by atoms with Crippen molar-refractivity contribution in [2.75, 3.05) is 11.9 Å². The number of anilines is 2. The van der Waals surface area contributed by atoms with Crippen molar-refractivity contribution >= 4 is 49.0 Å². The molecule has 0 unspecified atom stereocenters. The predicted octanol–water partition coefficient (Wildman–Crippen LogP) is 6.92. The second-order valence-corrected chi connectivity index (χ2v) is 9.37. The number of hydrogen-bond acceptors (Lipinski definition) is 5. The van der Waals surface area contributed by atoms with E-state index in [9.17, 15) is 14.0 Å². The molecule has 8 heteroatoms. The minimum absolute atomic E-state index is 0.324. The summed E-state index contributed by atoms with van der Waals surface area (Å²) >= 11 is 4.62. The molecular formula is C23H15BrF2N4S. The van der Waals surface area contributed by atoms with E-state index in [1.165, 1.54) is 29.5 Å². The van der Waals surface area contributed by atoms with Gasteiger partial charge in [-0.1, -0.05) is 27.3 Å². The normalized spacial score (nSPS) is 13.4. The SMILES string of the molecule is CN(c1nc(-c2ccc(F)cc2)c(C#N)s1)c1cc(C2CC2)nc2c(F)cc(Br)cc12. The summed E-state index contributed by atoms with van der Waals surface area (Å²) in [6.07, 6.45) is 2.09. The maximum Gasteiger partial charge on any atom is 0.191 e. The van der Waals surface area contributed by atoms with E-state index in [2.05, 4.69) is 32.0 Å². The highest BCUT2D eigenvalue weighted by atomic mass is 79.9. The van der Waals surface area contributed by atoms with Crippen LogP contribution in [0, 0.1) is 23.0 Å². The number of halogens is 3. The van der Waals surface area contributed by atoms with Gasteiger partial charge in [0.05, 0.1) is 5.69 Å². The summed E-state index contributed by atoms with van der Waals surface area (Å²) in [5, 5.41) is 10.9. The summed E-state index contributed by atoms with van der Waals surface area (Å²) < 4.78 is 28.7. The van der Waals surface area contributed by atoms with Gasteiger partial charge in [-0.2, -0.15) is 5.26 Å². The van der Waals surface area contributed by atoms with E-state index >= 15 is 0 Å². The van der Waals surface area contributed by atoms with Crippen LogP contribution in [0.5, 0.6) is 0 Å². The van der Waals surface area contributed by atoms with Crippen molar-refractivity contribution in [2.24, 2.45) is 0 Å². The number of thiazole rings is 1. The van der Waals surface area contributed by atoms with Crippen LogP contribution >= 0.6 is 27.3 Å². The lowest BCUT2D eigenvalue weighted by atomic mass is 10.1. The van der Waals surface area contributed by atoms with E-state index < -0.39 is 0 Å². The van der Waals surface area contributed by atoms with Crippen molar-refractivity contribution < 1.29 is 8.78 Å². The zero-order valence-electron chi connectivity index (χ0n) is 16.4. The van der Waals surface area contributed by atoms with Crippen LogP contribution in [-0.4, -0.2) is 17.0 Å². The monoisotopic (exact) mass is 496 g/mol. The van der Waals surface area contributed by atoms with Crippen molar-refractivity contribution in [3.63, 3.8) is 0 Å². The van der Waals surface area contributed by atoms with Gasteiger partial charge in [-0.3, -0.25) is 0 Å². The molecule has 0 N–H and O–H groups in total. The van der Waals surface area contributed by atoms with Crippen LogP contribution in [0.1, 0.15) is 29.3 Å². The maximum absolute atomic E-state index is 14.7. The van der Waals surface area contributed by atoms with Crippen LogP contribution in [0.15, 0.2) is 46.9 Å². The number of hydrogen-bond donors (Lipinski definition) is 0. The fourth-order valence-corrected chi connectivity index (χ4v) is 4.84. The highest BCUT2D eigenvalue weighted by molar-refractivity contribution is 9.10. The Bertz CT molecular complexity index is 1360. The minimum atomic E-state index is -0.384. The third kappa shape index (κ3) is 3.68. The topological polar surface area (TPSA) is 52.8 Å². The number of rotatable bonds is 4. The third-order valence-corrected chi connectivity index (χ3v) is 6.80. The molecule has 0 amide bonds. The van der Waals surface area contributed by atoms with Gasteiger partial charge in [0.25, 0.3) is 0 Å². The second-order valence-electron chi connectivity index (χ2n) is 7.48. The Morgan fingerprint density at radius 2 is 1.87 bits per heavy atom. The van der Waals surface area contributed by atoms with Crippen molar-refractivity contribution in [3.05, 3.63) is 69.1 Å². The van der Waals surface area contributed by atoms with E-state index in [1.54, 1.807) is 12.1 Å². The van der Waals surface area contributed by atoms with Gasteiger partial charge in [-0.05, 0) is 55.3 Å². The molecule has 2 aromatic heterocycles. The van der Waals surface area contributed by atoms with Crippen LogP contribution in [-0.2, 0) is 0 Å². The third-order valence-electron chi connectivity index (χ3n) is 5.31. The van der Waals surface area contributed by atoms with E-state index in [1.807, 2.05) is 24.1 Å². The molecule has 31 heavy (non-hydrogen) atoms. The Morgan fingerprint density at radius 1 is 1.13 bits per heavy atom. The Hall–Kier alpha value is -2.89. The molecule has 1 aliphatic carbocycles. The summed E-state index contributed by atoms with van der Waals surface area (Å²) in [5.74, 6) is -0.385. The standard InChI is InChI=1S/C23H15BrF2N4S/c1-30(23-29-21(20(11-27)31-23)13-4-6-15(25)7-5-13)19-10-18(12-2-3-12)28-22-16(19)8-14(24)9-17(22)26/h4-10,12H,2-3H2,1H3. The van der Waals surface area contributed by atoms with Gasteiger partial charge in [0.15, 0.2) is 10.9 Å². The minimum Gasteiger partial charge on any atom is -0.320 e. The Kier molecular flexibility index (Phi) is 4.95. The van der Waals surface area contributed by atoms with Crippen LogP contribution < -0.4 is 4.90 Å². The molecule has 0 saturated heterocycles. The first-order chi connectivity index (χ1) is 14.9. The summed E-state index contributed by atoms with van der Waals surface area (Å²) in [6, 6.07) is 13.3. The molecule has 2 heterocycles. The van der Waals surface area contributed by atoms with Gasteiger partial charge in [-0.25, -0.2) is 18.7 Å². The number of benzene rings is 2. The first kappa shape index (κ1) is 20.0. The first-order valence-electron chi connectivity index (χ1n) is 9.65. The molecule has 2 aromatic carbocycles. The number of nitriles is 1. The van der Waals surface area contributed by atoms with Gasteiger partial charge in [0.1, 0.15) is 28.0 Å². The molecule has 4 nitrogen and oxygen atoms in total. The van der Waals surface area contributed by atoms with Crippen molar-refractivity contribution in [3.8, 4) is 17.3 Å². The second kappa shape index (κ2) is 7.66. The van der Waals surface area contributed by atoms with Crippen LogP contribution in [0.2, 0.25) is 0 Å². The van der Waals surface area contributed by atoms with E-state index in [4.69, 9.17) is 0 Å². The fraction of sp³-hybridized carbons (Fsp3) is 0.174. The average Bonchev–Trinajstić information content (AvgIpc) is 3.52. The van der Waals surface area contributed by atoms with E-state index in [-0.39, 0.29) is 11.6 Å². The molecule has 0 radical (unpaired) electrons. The number of pyridine rings is 1. The molecule has 0 aliphatic heterocycles. The van der Waals surface area contributed by atoms with Gasteiger partial charge in [0.2, 0.25) is 0 Å². The number of aromatic nitrogens is 2. The average molecular weight is 497 g/mol. The zero-order chi connectivity index (χ0) is 21.7. The van der Waals surface area contributed by atoms with Gasteiger partial charge < -0.3 is 4.90 Å². The molecular weight excluding hydrogens is 482 g/mol. The molecule has 1 aliphatic rings. The Morgan fingerprint density at radius 3 is 2.55 bits per heavy atom. The molecule has 5 rings (SSSR count). The summed E-state index contributed by atoms with van der Waals surface area (Å²) in [6.45, 7) is 0. The van der Waals surface area contributed by atoms with Gasteiger partial charge >= 0.3 is 0 Å². The molecule has 0 spiro atoms. The maximum atomic E-state index is 14.7. The summed E-state index contributed by atoms with van der Waals surface area (Å²) in [5.41, 5.74) is 3.14. The van der Waals surface area contributed by atoms with Gasteiger partial charge in [0, 0.05) is 34.1 Å². The fourth-order valence-electron chi connectivity index (χ4n) is 3.55. The first-order valence-corrected chi connectivity index (χ1v) is 11.3. The smallest absolute Gasteiger partial charge is 0.191 e. The van der Waals surface area contributed by atoms with Crippen LogP contribution in [0.4, 0.5) is 19.6 Å². The molecule has 4 aromatic rings. The number of nitrogens with zero attached hydrogens (tertiary/aromatic N) is 4. The Balaban J connectivity index is 1.66. The lowest BCUT2D eigenvalue weighted by Gasteiger charge is -2.20. The van der Waals surface area contributed by atoms with E-state index in [0.29, 0.717) is 42.6 Å².